The Morgan fingerprint density at radius 2 is 1.76 bits per heavy atom. The second-order valence-electron chi connectivity index (χ2n) is 13.3. The summed E-state index contributed by atoms with van der Waals surface area (Å²) in [6, 6.07) is 5.09. The van der Waals surface area contributed by atoms with Gasteiger partial charge in [-0.1, -0.05) is 31.8 Å². The van der Waals surface area contributed by atoms with Crippen LogP contribution in [-0.2, 0) is 36.9 Å². The first-order valence-corrected chi connectivity index (χ1v) is 19.3. The van der Waals surface area contributed by atoms with Crippen LogP contribution in [0.5, 0.6) is 0 Å². The molecule has 1 aromatic heterocycles. The molecule has 12 nitrogen and oxygen atoms in total. The number of alkyl halides is 3. The Morgan fingerprint density at radius 3 is 2.33 bits per heavy atom. The number of amides is 2. The van der Waals surface area contributed by atoms with Gasteiger partial charge in [0.05, 0.1) is 19.9 Å². The Bertz CT molecular complexity index is 1480. The Balaban J connectivity index is 2.58. The molecule has 1 aromatic carbocycles. The summed E-state index contributed by atoms with van der Waals surface area (Å²) < 4.78 is 66.2. The highest BCUT2D eigenvalue weighted by Crippen LogP contribution is 2.41. The van der Waals surface area contributed by atoms with Crippen molar-refractivity contribution in [3.63, 3.8) is 0 Å². The van der Waals surface area contributed by atoms with E-state index in [0.717, 1.165) is 26.3 Å². The number of rotatable bonds is 16. The van der Waals surface area contributed by atoms with Crippen LogP contribution in [0.2, 0.25) is 25.7 Å². The van der Waals surface area contributed by atoms with Crippen molar-refractivity contribution in [2.45, 2.75) is 89.8 Å². The van der Waals surface area contributed by atoms with Crippen LogP contribution in [0.15, 0.2) is 49.3 Å². The van der Waals surface area contributed by atoms with Crippen LogP contribution >= 0.6 is 0 Å². The normalized spacial score (nSPS) is 13.4. The zero-order valence-corrected chi connectivity index (χ0v) is 30.4. The fourth-order valence-corrected chi connectivity index (χ4v) is 5.15. The number of halogens is 3. The maximum atomic E-state index is 14.7. The number of benzene rings is 1. The van der Waals surface area contributed by atoms with Crippen LogP contribution in [0.1, 0.15) is 39.4 Å². The molecule has 0 aliphatic carbocycles. The van der Waals surface area contributed by atoms with Crippen molar-refractivity contribution in [2.24, 2.45) is 0 Å². The number of esters is 1. The highest BCUT2D eigenvalue weighted by Gasteiger charge is 2.61. The zero-order valence-electron chi connectivity index (χ0n) is 29.4. The predicted octanol–water partition coefficient (Wildman–Crippen LogP) is 7.47. The number of allylic oxidation sites excluding steroid dienone is 1. The third-order valence-corrected chi connectivity index (χ3v) is 8.59. The lowest BCUT2D eigenvalue weighted by Crippen LogP contribution is -2.58. The van der Waals surface area contributed by atoms with E-state index in [1.165, 1.54) is 24.4 Å². The van der Waals surface area contributed by atoms with Crippen molar-refractivity contribution >= 4 is 37.6 Å². The van der Waals surface area contributed by atoms with Crippen molar-refractivity contribution in [3.05, 3.63) is 55.2 Å². The van der Waals surface area contributed by atoms with Crippen molar-refractivity contribution in [3.8, 4) is 11.3 Å². The number of aryl methyl sites for hydroxylation is 1. The van der Waals surface area contributed by atoms with Crippen molar-refractivity contribution in [1.82, 2.24) is 14.9 Å². The predicted molar refractivity (Wildman–Crippen MR) is 184 cm³/mol. The van der Waals surface area contributed by atoms with Crippen LogP contribution in [0.3, 0.4) is 0 Å². The van der Waals surface area contributed by atoms with E-state index in [0.29, 0.717) is 25.3 Å². The third-order valence-electron chi connectivity index (χ3n) is 6.88. The number of hydrogen-bond donors (Lipinski definition) is 3. The number of carbonyl (C=O) groups excluding carboxylic acids is 3. The summed E-state index contributed by atoms with van der Waals surface area (Å²) in [5, 5.41) is 7.33. The van der Waals surface area contributed by atoms with Gasteiger partial charge in [-0.15, -0.1) is 6.58 Å². The zero-order chi connectivity index (χ0) is 37.0. The molecule has 0 aliphatic rings. The van der Waals surface area contributed by atoms with Gasteiger partial charge in [0.15, 0.2) is 0 Å². The summed E-state index contributed by atoms with van der Waals surface area (Å²) >= 11 is 0. The molecule has 272 valence electrons. The van der Waals surface area contributed by atoms with E-state index < -0.39 is 50.0 Å². The average molecular weight is 712 g/mol. The minimum Gasteiger partial charge on any atom is -0.467 e. The van der Waals surface area contributed by atoms with E-state index in [2.05, 4.69) is 51.6 Å². The second-order valence-corrected chi connectivity index (χ2v) is 19.0. The molecule has 2 rings (SSSR count). The first-order valence-electron chi connectivity index (χ1n) is 15.6. The number of aromatic nitrogens is 2. The molecule has 16 heteroatoms. The van der Waals surface area contributed by atoms with Crippen LogP contribution in [-0.4, -0.2) is 73.9 Å². The molecular weight excluding hydrogens is 663 g/mol. The van der Waals surface area contributed by atoms with Gasteiger partial charge in [0.1, 0.15) is 18.2 Å². The van der Waals surface area contributed by atoms with Gasteiger partial charge < -0.3 is 28.8 Å². The number of alkyl carbamates (subject to hydrolysis) is 1. The van der Waals surface area contributed by atoms with Gasteiger partial charge in [-0.3, -0.25) is 10.6 Å². The quantitative estimate of drug-likeness (QED) is 0.0531. The minimum atomic E-state index is -5.12. The number of hydrogen-bond acceptors (Lipinski definition) is 9. The van der Waals surface area contributed by atoms with E-state index in [-0.39, 0.29) is 29.4 Å². The second kappa shape index (κ2) is 17.4. The van der Waals surface area contributed by atoms with E-state index in [4.69, 9.17) is 14.5 Å². The molecule has 1 unspecified atom stereocenters. The summed E-state index contributed by atoms with van der Waals surface area (Å²) in [4.78, 5) is 41.4. The van der Waals surface area contributed by atoms with E-state index in [9.17, 15) is 27.6 Å². The Labute approximate surface area is 286 Å². The lowest BCUT2D eigenvalue weighted by Gasteiger charge is -2.34. The Kier molecular flexibility index (Phi) is 14.5. The first-order chi connectivity index (χ1) is 22.7. The SMILES string of the molecule is C=CCC(Nc1cc(NC(=O)OC)ccc1-c1cn(COCC[Si](C)(C)C)c(CCC=CNC(=O)OC(C)(C)C)n1)(C(=O)OC)C(F)(F)F. The van der Waals surface area contributed by atoms with Crippen LogP contribution in [0, 0.1) is 0 Å². The molecule has 0 bridgehead atoms. The van der Waals surface area contributed by atoms with Gasteiger partial charge in [0.25, 0.3) is 0 Å². The van der Waals surface area contributed by atoms with Crippen LogP contribution < -0.4 is 16.0 Å². The lowest BCUT2D eigenvalue weighted by molar-refractivity contribution is -0.198. The van der Waals surface area contributed by atoms with Crippen LogP contribution in [0.25, 0.3) is 11.3 Å². The number of ether oxygens (including phenoxy) is 4. The lowest BCUT2D eigenvalue weighted by atomic mass is 9.92. The van der Waals surface area contributed by atoms with E-state index >= 15 is 0 Å². The van der Waals surface area contributed by atoms with E-state index in [1.54, 1.807) is 37.6 Å². The van der Waals surface area contributed by atoms with Crippen molar-refractivity contribution < 1.29 is 46.5 Å². The molecule has 1 heterocycles. The third kappa shape index (κ3) is 12.6. The highest BCUT2D eigenvalue weighted by molar-refractivity contribution is 6.76. The van der Waals surface area contributed by atoms with Crippen LogP contribution in [0.4, 0.5) is 34.1 Å². The van der Waals surface area contributed by atoms with Gasteiger partial charge in [0.2, 0.25) is 5.54 Å². The fourth-order valence-electron chi connectivity index (χ4n) is 4.39. The Morgan fingerprint density at radius 1 is 1.06 bits per heavy atom. The van der Waals surface area contributed by atoms with Gasteiger partial charge in [-0.05, 0) is 51.4 Å². The molecule has 0 aliphatic heterocycles. The summed E-state index contributed by atoms with van der Waals surface area (Å²) in [5.41, 5.74) is -3.48. The van der Waals surface area contributed by atoms with Gasteiger partial charge in [0, 0.05) is 56.9 Å². The number of nitrogens with one attached hydrogen (secondary N) is 3. The smallest absolute Gasteiger partial charge is 0.422 e. The van der Waals surface area contributed by atoms with Crippen molar-refractivity contribution in [2.75, 3.05) is 31.5 Å². The van der Waals surface area contributed by atoms with Crippen molar-refractivity contribution in [1.29, 1.82) is 0 Å². The van der Waals surface area contributed by atoms with Gasteiger partial charge in [-0.25, -0.2) is 19.4 Å². The number of methoxy groups -OCH3 is 2. The topological polar surface area (TPSA) is 142 Å². The molecule has 3 N–H and O–H groups in total. The molecule has 0 radical (unpaired) electrons. The summed E-state index contributed by atoms with van der Waals surface area (Å²) in [5.74, 6) is -1.03. The molecule has 1 atom stereocenters. The largest absolute Gasteiger partial charge is 0.467 e. The Hall–Kier alpha value is -4.31. The van der Waals surface area contributed by atoms with E-state index in [1.807, 2.05) is 0 Å². The number of nitrogens with zero attached hydrogens (tertiary/aromatic N) is 2. The minimum absolute atomic E-state index is 0.0922. The fraction of sp³-hybridized carbons (Fsp3) is 0.515. The highest BCUT2D eigenvalue weighted by atomic mass is 28.3. The summed E-state index contributed by atoms with van der Waals surface area (Å²) in [7, 11) is 0.615. The summed E-state index contributed by atoms with van der Waals surface area (Å²) in [6.07, 6.45) is -0.832. The number of imidazole rings is 1. The monoisotopic (exact) mass is 711 g/mol. The number of anilines is 2. The molecule has 49 heavy (non-hydrogen) atoms. The first kappa shape index (κ1) is 40.9. The number of carbonyl (C=O) groups is 3. The molecule has 2 aromatic rings. The molecule has 0 fully saturated rings. The average Bonchev–Trinajstić information content (AvgIpc) is 3.38. The maximum absolute atomic E-state index is 14.7. The molecular formula is C33H48F3N5O7Si. The molecule has 0 saturated carbocycles. The van der Waals surface area contributed by atoms with Gasteiger partial charge >= 0.3 is 24.3 Å². The van der Waals surface area contributed by atoms with Gasteiger partial charge in [-0.2, -0.15) is 13.2 Å². The maximum Gasteiger partial charge on any atom is 0.422 e. The molecule has 2 amide bonds. The molecule has 0 spiro atoms. The molecule has 0 saturated heterocycles. The standard InChI is InChI=1S/C33H48F3N5O7Si/c1-10-16-32(28(42)45-5,33(34,35)36)40-25-20-23(38-30(44)46-6)14-15-24(25)26-21-41(22-47-18-19-49(7,8)9)27(39-26)13-11-12-17-37-29(43)48-31(2,3)4/h10,12,14-15,17,20-21,40H,1,11,13,16,18-19,22H2,2-9H3,(H,37,43)(H,38,44). The summed E-state index contributed by atoms with van der Waals surface area (Å²) in [6.45, 7) is 16.0.